The molecule has 0 radical (unpaired) electrons. The molecule has 3 rings (SSSR count). The first-order valence-corrected chi connectivity index (χ1v) is 8.35. The molecule has 1 aromatic heterocycles. The number of pyridine rings is 1. The van der Waals surface area contributed by atoms with Crippen LogP contribution in [-0.2, 0) is 9.53 Å². The first kappa shape index (κ1) is 14.7. The second kappa shape index (κ2) is 6.23. The highest BCUT2D eigenvalue weighted by atomic mass is 32.2. The van der Waals surface area contributed by atoms with Gasteiger partial charge in [0.15, 0.2) is 0 Å². The number of nitrogens with zero attached hydrogens (tertiary/aromatic N) is 3. The Balaban J connectivity index is 1.85. The third kappa shape index (κ3) is 3.01. The molecule has 3 heterocycles. The summed E-state index contributed by atoms with van der Waals surface area (Å²) < 4.78 is 5.42. The van der Waals surface area contributed by atoms with E-state index in [1.54, 1.807) is 16.7 Å². The Morgan fingerprint density at radius 3 is 2.95 bits per heavy atom. The number of aromatic nitrogens is 1. The van der Waals surface area contributed by atoms with Crippen LogP contribution in [-0.4, -0.2) is 50.0 Å². The van der Waals surface area contributed by atoms with E-state index >= 15 is 0 Å². The molecule has 1 amide bonds. The van der Waals surface area contributed by atoms with E-state index in [1.165, 1.54) is 0 Å². The van der Waals surface area contributed by atoms with E-state index in [2.05, 4.69) is 23.0 Å². The molecule has 0 spiro atoms. The second-order valence-corrected chi connectivity index (χ2v) is 6.65. The van der Waals surface area contributed by atoms with Gasteiger partial charge in [-0.2, -0.15) is 0 Å². The highest BCUT2D eigenvalue weighted by Gasteiger charge is 2.23. The number of thioether (sulfide) groups is 1. The van der Waals surface area contributed by atoms with E-state index < -0.39 is 0 Å². The molecule has 5 nitrogen and oxygen atoms in total. The molecule has 1 fully saturated rings. The zero-order chi connectivity index (χ0) is 14.8. The van der Waals surface area contributed by atoms with E-state index in [0.29, 0.717) is 12.5 Å². The van der Waals surface area contributed by atoms with Gasteiger partial charge in [-0.1, -0.05) is 0 Å². The van der Waals surface area contributed by atoms with Crippen LogP contribution in [0.3, 0.4) is 0 Å². The fraction of sp³-hybridized carbons (Fsp3) is 0.600. The minimum atomic E-state index is 0.161. The van der Waals surface area contributed by atoms with Crippen molar-refractivity contribution in [2.24, 2.45) is 0 Å². The van der Waals surface area contributed by atoms with Gasteiger partial charge in [0.05, 0.1) is 11.9 Å². The number of hydrogen-bond acceptors (Lipinski definition) is 5. The van der Waals surface area contributed by atoms with E-state index in [-0.39, 0.29) is 5.91 Å². The average molecular weight is 307 g/mol. The van der Waals surface area contributed by atoms with Crippen LogP contribution in [0.4, 0.5) is 11.5 Å². The molecule has 0 aliphatic carbocycles. The lowest BCUT2D eigenvalue weighted by Gasteiger charge is -2.32. The molecule has 21 heavy (non-hydrogen) atoms. The van der Waals surface area contributed by atoms with Gasteiger partial charge in [-0.15, -0.1) is 11.8 Å². The van der Waals surface area contributed by atoms with Crippen molar-refractivity contribution in [3.63, 3.8) is 0 Å². The standard InChI is InChI=1S/C15H21N3O2S/c1-17(11-3-6-20-7-4-11)14-9-13-12(10-16-14)18(2)15(19)5-8-21-13/h9-11H,3-8H2,1-2H3. The number of amides is 1. The Bertz CT molecular complexity index is 532. The van der Waals surface area contributed by atoms with Gasteiger partial charge in [-0.3, -0.25) is 4.79 Å². The maximum absolute atomic E-state index is 11.9. The molecule has 1 aromatic rings. The Hall–Kier alpha value is -1.27. The molecular formula is C15H21N3O2S. The molecule has 0 unspecified atom stereocenters. The van der Waals surface area contributed by atoms with Crippen LogP contribution in [0.15, 0.2) is 17.2 Å². The first-order chi connectivity index (χ1) is 10.2. The summed E-state index contributed by atoms with van der Waals surface area (Å²) in [5.74, 6) is 1.98. The van der Waals surface area contributed by atoms with Crippen LogP contribution in [0.5, 0.6) is 0 Å². The molecule has 2 aliphatic heterocycles. The Morgan fingerprint density at radius 2 is 2.19 bits per heavy atom. The molecule has 0 N–H and O–H groups in total. The summed E-state index contributed by atoms with van der Waals surface area (Å²) in [4.78, 5) is 21.6. The fourth-order valence-electron chi connectivity index (χ4n) is 2.79. The van der Waals surface area contributed by atoms with Crippen LogP contribution < -0.4 is 9.80 Å². The van der Waals surface area contributed by atoms with Crippen LogP contribution in [0.2, 0.25) is 0 Å². The third-order valence-corrected chi connectivity index (χ3v) is 5.29. The minimum Gasteiger partial charge on any atom is -0.381 e. The van der Waals surface area contributed by atoms with E-state index in [4.69, 9.17) is 4.74 Å². The summed E-state index contributed by atoms with van der Waals surface area (Å²) in [5.41, 5.74) is 0.923. The number of fused-ring (bicyclic) bond motifs is 1. The Labute approximate surface area is 129 Å². The smallest absolute Gasteiger partial charge is 0.227 e. The maximum atomic E-state index is 11.9. The van der Waals surface area contributed by atoms with Crippen molar-refractivity contribution >= 4 is 29.2 Å². The largest absolute Gasteiger partial charge is 0.381 e. The zero-order valence-corrected chi connectivity index (χ0v) is 13.4. The molecule has 0 aromatic carbocycles. The van der Waals surface area contributed by atoms with Gasteiger partial charge in [-0.05, 0) is 18.9 Å². The predicted octanol–water partition coefficient (Wildman–Crippen LogP) is 2.16. The first-order valence-electron chi connectivity index (χ1n) is 7.37. The normalized spacial score (nSPS) is 20.1. The van der Waals surface area contributed by atoms with Crippen LogP contribution >= 0.6 is 11.8 Å². The number of ether oxygens (including phenoxy) is 1. The minimum absolute atomic E-state index is 0.161. The second-order valence-electron chi connectivity index (χ2n) is 5.52. The van der Waals surface area contributed by atoms with Crippen molar-refractivity contribution in [3.8, 4) is 0 Å². The number of rotatable bonds is 2. The highest BCUT2D eigenvalue weighted by Crippen LogP contribution is 2.35. The molecule has 1 saturated heterocycles. The van der Waals surface area contributed by atoms with Crippen molar-refractivity contribution in [1.82, 2.24) is 4.98 Å². The monoisotopic (exact) mass is 307 g/mol. The van der Waals surface area contributed by atoms with E-state index in [9.17, 15) is 4.79 Å². The molecule has 0 saturated carbocycles. The molecule has 6 heteroatoms. The lowest BCUT2D eigenvalue weighted by molar-refractivity contribution is -0.117. The summed E-state index contributed by atoms with van der Waals surface area (Å²) in [5, 5.41) is 0. The highest BCUT2D eigenvalue weighted by molar-refractivity contribution is 7.99. The predicted molar refractivity (Wildman–Crippen MR) is 85.2 cm³/mol. The Morgan fingerprint density at radius 1 is 1.43 bits per heavy atom. The van der Waals surface area contributed by atoms with Gasteiger partial charge in [0.2, 0.25) is 5.91 Å². The van der Waals surface area contributed by atoms with Crippen molar-refractivity contribution < 1.29 is 9.53 Å². The summed E-state index contributed by atoms with van der Waals surface area (Å²) >= 11 is 1.74. The van der Waals surface area contributed by atoms with Gasteiger partial charge in [0.25, 0.3) is 0 Å². The van der Waals surface area contributed by atoms with Crippen LogP contribution in [0, 0.1) is 0 Å². The lowest BCUT2D eigenvalue weighted by Crippen LogP contribution is -2.37. The topological polar surface area (TPSA) is 45.7 Å². The summed E-state index contributed by atoms with van der Waals surface area (Å²) in [7, 11) is 3.93. The molecule has 114 valence electrons. The van der Waals surface area contributed by atoms with Crippen LogP contribution in [0.1, 0.15) is 19.3 Å². The Kier molecular flexibility index (Phi) is 4.35. The van der Waals surface area contributed by atoms with Gasteiger partial charge in [-0.25, -0.2) is 4.98 Å². The zero-order valence-electron chi connectivity index (χ0n) is 12.5. The number of hydrogen-bond donors (Lipinski definition) is 0. The third-order valence-electron chi connectivity index (χ3n) is 4.24. The van der Waals surface area contributed by atoms with E-state index in [1.807, 2.05) is 13.2 Å². The maximum Gasteiger partial charge on any atom is 0.227 e. The fourth-order valence-corrected chi connectivity index (χ4v) is 3.81. The van der Waals surface area contributed by atoms with E-state index in [0.717, 1.165) is 48.2 Å². The van der Waals surface area contributed by atoms with Crippen molar-refractivity contribution in [2.75, 3.05) is 42.9 Å². The number of carbonyl (C=O) groups excluding carboxylic acids is 1. The van der Waals surface area contributed by atoms with Gasteiger partial charge in [0.1, 0.15) is 5.82 Å². The van der Waals surface area contributed by atoms with Gasteiger partial charge >= 0.3 is 0 Å². The van der Waals surface area contributed by atoms with Crippen LogP contribution in [0.25, 0.3) is 0 Å². The molecule has 0 atom stereocenters. The summed E-state index contributed by atoms with van der Waals surface area (Å²) in [6.07, 6.45) is 4.50. The summed E-state index contributed by atoms with van der Waals surface area (Å²) in [6.45, 7) is 1.65. The lowest BCUT2D eigenvalue weighted by atomic mass is 10.1. The van der Waals surface area contributed by atoms with Gasteiger partial charge in [0, 0.05) is 50.4 Å². The molecular weight excluding hydrogens is 286 g/mol. The number of carbonyl (C=O) groups is 1. The molecule has 2 aliphatic rings. The molecule has 0 bridgehead atoms. The quantitative estimate of drug-likeness (QED) is 0.838. The average Bonchev–Trinajstić information content (AvgIpc) is 2.67. The summed E-state index contributed by atoms with van der Waals surface area (Å²) in [6, 6.07) is 2.60. The van der Waals surface area contributed by atoms with Crippen molar-refractivity contribution in [2.45, 2.75) is 30.2 Å². The van der Waals surface area contributed by atoms with Crippen molar-refractivity contribution in [3.05, 3.63) is 12.3 Å². The van der Waals surface area contributed by atoms with Crippen molar-refractivity contribution in [1.29, 1.82) is 0 Å². The van der Waals surface area contributed by atoms with Gasteiger partial charge < -0.3 is 14.5 Å². The SMILES string of the molecule is CN1C(=O)CCSc2cc(N(C)C3CCOCC3)ncc21. The number of anilines is 2.